The van der Waals surface area contributed by atoms with Gasteiger partial charge in [0.15, 0.2) is 0 Å². The van der Waals surface area contributed by atoms with Crippen molar-refractivity contribution in [1.82, 2.24) is 19.9 Å². The lowest BCUT2D eigenvalue weighted by molar-refractivity contribution is 0.0497. The highest BCUT2D eigenvalue weighted by Crippen LogP contribution is 2.27. The van der Waals surface area contributed by atoms with Crippen LogP contribution in [0, 0.1) is 0 Å². The van der Waals surface area contributed by atoms with Gasteiger partial charge in [-0.25, -0.2) is 4.68 Å². The molecule has 1 amide bonds. The van der Waals surface area contributed by atoms with Crippen LogP contribution in [0.3, 0.4) is 0 Å². The maximum Gasteiger partial charge on any atom is 0.254 e. The van der Waals surface area contributed by atoms with Gasteiger partial charge < -0.3 is 14.4 Å². The van der Waals surface area contributed by atoms with Crippen molar-refractivity contribution in [3.8, 4) is 11.5 Å². The second-order valence-electron chi connectivity index (χ2n) is 4.85. The third-order valence-corrected chi connectivity index (χ3v) is 3.56. The molecule has 21 heavy (non-hydrogen) atoms. The summed E-state index contributed by atoms with van der Waals surface area (Å²) in [5.74, 6) is 1.17. The SMILES string of the molecule is COc1cc(OC)cc(C(=O)N2CC(n3ccnn3)C2)c1. The van der Waals surface area contributed by atoms with Crippen LogP contribution in [0.1, 0.15) is 16.4 Å². The van der Waals surface area contributed by atoms with E-state index in [1.165, 1.54) is 0 Å². The van der Waals surface area contributed by atoms with Gasteiger partial charge in [0.05, 0.1) is 26.5 Å². The highest BCUT2D eigenvalue weighted by atomic mass is 16.5. The van der Waals surface area contributed by atoms with E-state index in [0.29, 0.717) is 30.2 Å². The molecule has 0 spiro atoms. The lowest BCUT2D eigenvalue weighted by Gasteiger charge is -2.38. The first-order valence-electron chi connectivity index (χ1n) is 6.59. The summed E-state index contributed by atoms with van der Waals surface area (Å²) < 4.78 is 12.1. The number of likely N-dealkylation sites (tertiary alicyclic amines) is 1. The lowest BCUT2D eigenvalue weighted by atomic mass is 10.1. The number of carbonyl (C=O) groups is 1. The highest BCUT2D eigenvalue weighted by molar-refractivity contribution is 5.95. The normalized spacial score (nSPS) is 14.7. The van der Waals surface area contributed by atoms with Gasteiger partial charge in [0.2, 0.25) is 0 Å². The van der Waals surface area contributed by atoms with Crippen LogP contribution in [-0.4, -0.2) is 53.1 Å². The standard InChI is InChI=1S/C14H16N4O3/c1-20-12-5-10(6-13(7-12)21-2)14(19)17-8-11(9-17)18-4-3-15-16-18/h3-7,11H,8-9H2,1-2H3. The zero-order valence-electron chi connectivity index (χ0n) is 11.9. The van der Waals surface area contributed by atoms with E-state index in [1.807, 2.05) is 0 Å². The molecule has 7 nitrogen and oxygen atoms in total. The van der Waals surface area contributed by atoms with Crippen molar-refractivity contribution in [2.75, 3.05) is 27.3 Å². The third kappa shape index (κ3) is 2.54. The molecule has 0 saturated carbocycles. The molecule has 3 rings (SSSR count). The second kappa shape index (κ2) is 5.43. The summed E-state index contributed by atoms with van der Waals surface area (Å²) in [6.07, 6.45) is 3.44. The Balaban J connectivity index is 1.72. The Morgan fingerprint density at radius 3 is 2.38 bits per heavy atom. The molecule has 1 aromatic heterocycles. The number of aromatic nitrogens is 3. The minimum Gasteiger partial charge on any atom is -0.497 e. The molecule has 0 unspecified atom stereocenters. The topological polar surface area (TPSA) is 69.5 Å². The molecule has 0 atom stereocenters. The number of amides is 1. The number of carbonyl (C=O) groups excluding carboxylic acids is 1. The Hall–Kier alpha value is -2.57. The minimum atomic E-state index is -0.0384. The number of rotatable bonds is 4. The van der Waals surface area contributed by atoms with Gasteiger partial charge in [-0.3, -0.25) is 4.79 Å². The van der Waals surface area contributed by atoms with Crippen molar-refractivity contribution in [3.63, 3.8) is 0 Å². The Bertz CT molecular complexity index is 613. The van der Waals surface area contributed by atoms with Crippen LogP contribution in [0.15, 0.2) is 30.6 Å². The van der Waals surface area contributed by atoms with E-state index >= 15 is 0 Å². The molecule has 2 aromatic rings. The molecule has 0 radical (unpaired) electrons. The van der Waals surface area contributed by atoms with Crippen LogP contribution >= 0.6 is 0 Å². The summed E-state index contributed by atoms with van der Waals surface area (Å²) in [5, 5.41) is 7.72. The predicted molar refractivity (Wildman–Crippen MR) is 74.5 cm³/mol. The largest absolute Gasteiger partial charge is 0.497 e. The van der Waals surface area contributed by atoms with Crippen LogP contribution in [0.2, 0.25) is 0 Å². The second-order valence-corrected chi connectivity index (χ2v) is 4.85. The van der Waals surface area contributed by atoms with E-state index in [0.717, 1.165) is 0 Å². The fourth-order valence-corrected chi connectivity index (χ4v) is 2.31. The van der Waals surface area contributed by atoms with Gasteiger partial charge in [0.25, 0.3) is 5.91 Å². The van der Waals surface area contributed by atoms with Gasteiger partial charge in [-0.2, -0.15) is 0 Å². The first-order chi connectivity index (χ1) is 10.2. The molecule has 0 bridgehead atoms. The number of benzene rings is 1. The highest BCUT2D eigenvalue weighted by Gasteiger charge is 2.33. The Kier molecular flexibility index (Phi) is 3.47. The molecular formula is C14H16N4O3. The van der Waals surface area contributed by atoms with Crippen molar-refractivity contribution in [2.45, 2.75) is 6.04 Å². The molecular weight excluding hydrogens is 272 g/mol. The summed E-state index contributed by atoms with van der Waals surface area (Å²) in [7, 11) is 3.13. The van der Waals surface area contributed by atoms with E-state index < -0.39 is 0 Å². The average Bonchev–Trinajstić information content (AvgIpc) is 2.98. The van der Waals surface area contributed by atoms with Gasteiger partial charge >= 0.3 is 0 Å². The number of nitrogens with zero attached hydrogens (tertiary/aromatic N) is 4. The summed E-state index contributed by atoms with van der Waals surface area (Å²) in [5.41, 5.74) is 0.559. The van der Waals surface area contributed by atoms with Crippen molar-refractivity contribution in [1.29, 1.82) is 0 Å². The van der Waals surface area contributed by atoms with E-state index in [-0.39, 0.29) is 11.9 Å². The number of ether oxygens (including phenoxy) is 2. The van der Waals surface area contributed by atoms with E-state index in [2.05, 4.69) is 10.3 Å². The lowest BCUT2D eigenvalue weighted by Crippen LogP contribution is -2.50. The summed E-state index contributed by atoms with van der Waals surface area (Å²) in [6, 6.07) is 5.37. The first-order valence-corrected chi connectivity index (χ1v) is 6.59. The molecule has 1 fully saturated rings. The molecule has 2 heterocycles. The summed E-state index contributed by atoms with van der Waals surface area (Å²) in [4.78, 5) is 14.2. The van der Waals surface area contributed by atoms with Gasteiger partial charge in [-0.05, 0) is 12.1 Å². The maximum absolute atomic E-state index is 12.4. The van der Waals surface area contributed by atoms with Gasteiger partial charge in [-0.1, -0.05) is 5.21 Å². The molecule has 0 aliphatic carbocycles. The van der Waals surface area contributed by atoms with E-state index in [9.17, 15) is 4.79 Å². The number of hydrogen-bond acceptors (Lipinski definition) is 5. The Labute approximate surface area is 122 Å². The minimum absolute atomic E-state index is 0.0384. The summed E-state index contributed by atoms with van der Waals surface area (Å²) in [6.45, 7) is 1.25. The molecule has 1 aliphatic heterocycles. The Morgan fingerprint density at radius 1 is 1.19 bits per heavy atom. The van der Waals surface area contributed by atoms with Crippen LogP contribution < -0.4 is 9.47 Å². The van der Waals surface area contributed by atoms with Gasteiger partial charge in [0, 0.05) is 30.9 Å². The third-order valence-electron chi connectivity index (χ3n) is 3.56. The van der Waals surface area contributed by atoms with Gasteiger partial charge in [0.1, 0.15) is 11.5 Å². The fraction of sp³-hybridized carbons (Fsp3) is 0.357. The number of hydrogen-bond donors (Lipinski definition) is 0. The zero-order chi connectivity index (χ0) is 14.8. The molecule has 110 valence electrons. The number of methoxy groups -OCH3 is 2. The smallest absolute Gasteiger partial charge is 0.254 e. The predicted octanol–water partition coefficient (Wildman–Crippen LogP) is 0.992. The monoisotopic (exact) mass is 288 g/mol. The van der Waals surface area contributed by atoms with E-state index in [1.54, 1.807) is 54.4 Å². The molecule has 7 heteroatoms. The van der Waals surface area contributed by atoms with Gasteiger partial charge in [-0.15, -0.1) is 5.10 Å². The molecule has 1 saturated heterocycles. The fourth-order valence-electron chi connectivity index (χ4n) is 2.31. The molecule has 1 aromatic carbocycles. The van der Waals surface area contributed by atoms with E-state index in [4.69, 9.17) is 9.47 Å². The molecule has 0 N–H and O–H groups in total. The first kappa shape index (κ1) is 13.4. The van der Waals surface area contributed by atoms with Crippen LogP contribution in [0.5, 0.6) is 11.5 Å². The quantitative estimate of drug-likeness (QED) is 0.839. The van der Waals surface area contributed by atoms with Crippen molar-refractivity contribution in [2.24, 2.45) is 0 Å². The van der Waals surface area contributed by atoms with Crippen molar-refractivity contribution < 1.29 is 14.3 Å². The Morgan fingerprint density at radius 2 is 1.86 bits per heavy atom. The average molecular weight is 288 g/mol. The van der Waals surface area contributed by atoms with Crippen LogP contribution in [0.4, 0.5) is 0 Å². The van der Waals surface area contributed by atoms with Crippen molar-refractivity contribution >= 4 is 5.91 Å². The molecule has 1 aliphatic rings. The van der Waals surface area contributed by atoms with Crippen molar-refractivity contribution in [3.05, 3.63) is 36.2 Å². The van der Waals surface area contributed by atoms with Crippen LogP contribution in [-0.2, 0) is 0 Å². The maximum atomic E-state index is 12.4. The zero-order valence-corrected chi connectivity index (χ0v) is 11.9. The van der Waals surface area contributed by atoms with Crippen LogP contribution in [0.25, 0.3) is 0 Å². The summed E-state index contributed by atoms with van der Waals surface area (Å²) >= 11 is 0.